The van der Waals surface area contributed by atoms with Crippen molar-refractivity contribution in [3.8, 4) is 0 Å². The quantitative estimate of drug-likeness (QED) is 0.327. The first-order valence-corrected chi connectivity index (χ1v) is 10.3. The summed E-state index contributed by atoms with van der Waals surface area (Å²) in [5.41, 5.74) is 0. The van der Waals surface area contributed by atoms with Crippen molar-refractivity contribution < 1.29 is 31.0 Å². The SMILES string of the molecule is CCCCCC(=O)C(CC[Si](OC)(OC)OC)S(=O)(=O)O. The zero-order chi connectivity index (χ0) is 16.5. The molecule has 0 rings (SSSR count). The molecule has 0 aromatic rings. The third-order valence-corrected chi connectivity index (χ3v) is 7.38. The van der Waals surface area contributed by atoms with Gasteiger partial charge in [-0.1, -0.05) is 19.8 Å². The van der Waals surface area contributed by atoms with Crippen molar-refractivity contribution in [1.82, 2.24) is 0 Å². The largest absolute Gasteiger partial charge is 0.500 e. The standard InChI is InChI=1S/C12H26O7SSi/c1-5-6-7-8-11(13)12(20(14,15)16)9-10-21(17-2,18-3)19-4/h12H,5-10H2,1-4H3,(H,14,15,16). The molecule has 7 nitrogen and oxygen atoms in total. The number of Topliss-reactive ketones (excluding diaryl/α,β-unsaturated/α-hetero) is 1. The molecule has 0 amide bonds. The zero-order valence-corrected chi connectivity index (χ0v) is 14.9. The second-order valence-corrected chi connectivity index (χ2v) is 9.45. The van der Waals surface area contributed by atoms with Gasteiger partial charge in [0.2, 0.25) is 0 Å². The number of hydrogen-bond donors (Lipinski definition) is 1. The summed E-state index contributed by atoms with van der Waals surface area (Å²) in [5.74, 6) is -0.475. The smallest absolute Gasteiger partial charge is 0.377 e. The molecule has 1 N–H and O–H groups in total. The zero-order valence-electron chi connectivity index (χ0n) is 13.1. The lowest BCUT2D eigenvalue weighted by Gasteiger charge is -2.25. The fourth-order valence-electron chi connectivity index (χ4n) is 2.05. The van der Waals surface area contributed by atoms with E-state index in [0.717, 1.165) is 12.8 Å². The van der Waals surface area contributed by atoms with E-state index in [9.17, 15) is 17.8 Å². The van der Waals surface area contributed by atoms with Gasteiger partial charge in [0.1, 0.15) is 5.25 Å². The van der Waals surface area contributed by atoms with Crippen LogP contribution in [0.4, 0.5) is 0 Å². The number of carbonyl (C=O) groups excluding carboxylic acids is 1. The Hall–Kier alpha value is -0.323. The van der Waals surface area contributed by atoms with Gasteiger partial charge in [-0.05, 0) is 12.8 Å². The summed E-state index contributed by atoms with van der Waals surface area (Å²) in [4.78, 5) is 12.0. The Morgan fingerprint density at radius 2 is 1.67 bits per heavy atom. The summed E-state index contributed by atoms with van der Waals surface area (Å²) < 4.78 is 47.6. The summed E-state index contributed by atoms with van der Waals surface area (Å²) in [6, 6.07) is 0.139. The Bertz CT molecular complexity index is 398. The highest BCUT2D eigenvalue weighted by molar-refractivity contribution is 7.87. The van der Waals surface area contributed by atoms with Crippen LogP contribution in [-0.4, -0.2) is 54.1 Å². The Labute approximate surface area is 128 Å². The highest BCUT2D eigenvalue weighted by Gasteiger charge is 2.41. The fraction of sp³-hybridized carbons (Fsp3) is 0.917. The van der Waals surface area contributed by atoms with Crippen molar-refractivity contribution in [2.24, 2.45) is 0 Å². The molecule has 126 valence electrons. The Morgan fingerprint density at radius 1 is 1.14 bits per heavy atom. The molecule has 21 heavy (non-hydrogen) atoms. The number of ketones is 1. The third-order valence-electron chi connectivity index (χ3n) is 3.39. The van der Waals surface area contributed by atoms with Crippen molar-refractivity contribution in [3.63, 3.8) is 0 Å². The van der Waals surface area contributed by atoms with E-state index in [-0.39, 0.29) is 18.9 Å². The molecule has 0 heterocycles. The van der Waals surface area contributed by atoms with Gasteiger partial charge < -0.3 is 13.3 Å². The second kappa shape index (κ2) is 9.64. The van der Waals surface area contributed by atoms with Gasteiger partial charge in [-0.15, -0.1) is 0 Å². The van der Waals surface area contributed by atoms with Gasteiger partial charge in [-0.3, -0.25) is 9.35 Å². The minimum Gasteiger partial charge on any atom is -0.377 e. The van der Waals surface area contributed by atoms with Crippen LogP contribution in [0.2, 0.25) is 6.04 Å². The molecule has 1 atom stereocenters. The maximum atomic E-state index is 12.0. The first-order chi connectivity index (χ1) is 9.76. The van der Waals surface area contributed by atoms with E-state index >= 15 is 0 Å². The second-order valence-electron chi connectivity index (χ2n) is 4.76. The number of hydrogen-bond acceptors (Lipinski definition) is 6. The molecule has 0 aliphatic carbocycles. The predicted octanol–water partition coefficient (Wildman–Crippen LogP) is 1.66. The normalized spacial score (nSPS) is 14.1. The van der Waals surface area contributed by atoms with E-state index in [1.165, 1.54) is 21.3 Å². The van der Waals surface area contributed by atoms with Crippen LogP contribution in [0.3, 0.4) is 0 Å². The summed E-state index contributed by atoms with van der Waals surface area (Å²) in [6.07, 6.45) is 2.45. The monoisotopic (exact) mass is 342 g/mol. The van der Waals surface area contributed by atoms with Crippen molar-refractivity contribution in [2.75, 3.05) is 21.3 Å². The molecule has 0 aromatic carbocycles. The topological polar surface area (TPSA) is 99.1 Å². The first kappa shape index (κ1) is 20.7. The maximum absolute atomic E-state index is 12.0. The van der Waals surface area contributed by atoms with Crippen molar-refractivity contribution in [2.45, 2.75) is 50.3 Å². The van der Waals surface area contributed by atoms with Crippen LogP contribution in [0.5, 0.6) is 0 Å². The van der Waals surface area contributed by atoms with E-state index < -0.39 is 30.0 Å². The van der Waals surface area contributed by atoms with Crippen molar-refractivity contribution >= 4 is 24.7 Å². The minimum absolute atomic E-state index is 0.0778. The highest BCUT2D eigenvalue weighted by atomic mass is 32.2. The Kier molecular flexibility index (Phi) is 9.50. The molecule has 0 aliphatic heterocycles. The molecule has 0 fully saturated rings. The molecule has 0 saturated carbocycles. The van der Waals surface area contributed by atoms with Gasteiger partial charge in [0, 0.05) is 33.8 Å². The van der Waals surface area contributed by atoms with Gasteiger partial charge in [-0.25, -0.2) is 0 Å². The molecular formula is C12H26O7SSi. The summed E-state index contributed by atoms with van der Waals surface area (Å²) >= 11 is 0. The van der Waals surface area contributed by atoms with Gasteiger partial charge in [0.25, 0.3) is 10.1 Å². The summed E-state index contributed by atoms with van der Waals surface area (Å²) in [6.45, 7) is 1.99. The van der Waals surface area contributed by atoms with Crippen LogP contribution in [0.1, 0.15) is 39.0 Å². The highest BCUT2D eigenvalue weighted by Crippen LogP contribution is 2.21. The molecule has 0 aliphatic rings. The average Bonchev–Trinajstić information content (AvgIpc) is 2.43. The molecule has 0 bridgehead atoms. The van der Waals surface area contributed by atoms with Crippen LogP contribution < -0.4 is 0 Å². The summed E-state index contributed by atoms with van der Waals surface area (Å²) in [5, 5.41) is -1.44. The predicted molar refractivity (Wildman–Crippen MR) is 80.7 cm³/mol. The molecule has 0 spiro atoms. The first-order valence-electron chi connectivity index (χ1n) is 6.90. The maximum Gasteiger partial charge on any atom is 0.500 e. The minimum atomic E-state index is -4.44. The number of rotatable bonds is 12. The van der Waals surface area contributed by atoms with E-state index in [2.05, 4.69) is 0 Å². The molecular weight excluding hydrogens is 316 g/mol. The molecule has 1 unspecified atom stereocenters. The van der Waals surface area contributed by atoms with Crippen LogP contribution in [0, 0.1) is 0 Å². The third kappa shape index (κ3) is 6.98. The number of carbonyl (C=O) groups is 1. The lowest BCUT2D eigenvalue weighted by atomic mass is 10.1. The van der Waals surface area contributed by atoms with Crippen LogP contribution in [-0.2, 0) is 28.2 Å². The fourth-order valence-corrected chi connectivity index (χ4v) is 4.88. The lowest BCUT2D eigenvalue weighted by molar-refractivity contribution is -0.118. The Morgan fingerprint density at radius 3 is 2.05 bits per heavy atom. The number of unbranched alkanes of at least 4 members (excludes halogenated alkanes) is 2. The van der Waals surface area contributed by atoms with Crippen LogP contribution in [0.25, 0.3) is 0 Å². The van der Waals surface area contributed by atoms with E-state index in [0.29, 0.717) is 6.42 Å². The molecule has 0 saturated heterocycles. The lowest BCUT2D eigenvalue weighted by Crippen LogP contribution is -2.44. The molecule has 0 radical (unpaired) electrons. The summed E-state index contributed by atoms with van der Waals surface area (Å²) in [7, 11) is -3.19. The van der Waals surface area contributed by atoms with Crippen molar-refractivity contribution in [3.05, 3.63) is 0 Å². The molecule has 9 heteroatoms. The van der Waals surface area contributed by atoms with Gasteiger partial charge >= 0.3 is 8.80 Å². The average molecular weight is 342 g/mol. The Balaban J connectivity index is 4.83. The van der Waals surface area contributed by atoms with E-state index in [1.54, 1.807) is 0 Å². The van der Waals surface area contributed by atoms with E-state index in [4.69, 9.17) is 13.3 Å². The van der Waals surface area contributed by atoms with Crippen LogP contribution in [0.15, 0.2) is 0 Å². The van der Waals surface area contributed by atoms with Crippen molar-refractivity contribution in [1.29, 1.82) is 0 Å². The van der Waals surface area contributed by atoms with Gasteiger partial charge in [0.05, 0.1) is 0 Å². The van der Waals surface area contributed by atoms with Crippen LogP contribution >= 0.6 is 0 Å². The van der Waals surface area contributed by atoms with Gasteiger partial charge in [-0.2, -0.15) is 8.42 Å². The van der Waals surface area contributed by atoms with E-state index in [1.807, 2.05) is 6.92 Å². The molecule has 0 aromatic heterocycles. The van der Waals surface area contributed by atoms with Gasteiger partial charge in [0.15, 0.2) is 5.78 Å².